The van der Waals surface area contributed by atoms with E-state index in [9.17, 15) is 14.7 Å². The van der Waals surface area contributed by atoms with Gasteiger partial charge in [0.15, 0.2) is 0 Å². The molecule has 10 nitrogen and oxygen atoms in total. The van der Waals surface area contributed by atoms with Crippen LogP contribution >= 0.6 is 0 Å². The summed E-state index contributed by atoms with van der Waals surface area (Å²) in [5, 5.41) is 19.2. The number of aliphatic hydroxyl groups is 1. The first-order chi connectivity index (χ1) is 18.6. The predicted octanol–water partition coefficient (Wildman–Crippen LogP) is 4.42. The molecule has 3 atom stereocenters. The van der Waals surface area contributed by atoms with Crippen LogP contribution in [0.1, 0.15) is 50.0 Å². The molecule has 1 fully saturated rings. The number of fused-ring (bicyclic) bond motifs is 1. The molecule has 5 rings (SSSR count). The lowest BCUT2D eigenvalue weighted by Gasteiger charge is -2.41. The number of likely N-dealkylation sites (tertiary alicyclic amines) is 1. The van der Waals surface area contributed by atoms with Crippen LogP contribution in [0.2, 0.25) is 0 Å². The zero-order valence-corrected chi connectivity index (χ0v) is 22.5. The smallest absolute Gasteiger partial charge is 0.410 e. The van der Waals surface area contributed by atoms with E-state index in [2.05, 4.69) is 5.32 Å². The van der Waals surface area contributed by atoms with Crippen LogP contribution < -0.4 is 15.8 Å². The van der Waals surface area contributed by atoms with Gasteiger partial charge in [0.05, 0.1) is 18.7 Å². The van der Waals surface area contributed by atoms with E-state index in [0.29, 0.717) is 48.8 Å². The lowest BCUT2D eigenvalue weighted by atomic mass is 9.84. The Balaban J connectivity index is 1.38. The quantitative estimate of drug-likeness (QED) is 0.442. The van der Waals surface area contributed by atoms with Crippen LogP contribution in [0.3, 0.4) is 0 Å². The highest BCUT2D eigenvalue weighted by atomic mass is 16.6. The Morgan fingerprint density at radius 3 is 2.38 bits per heavy atom. The van der Waals surface area contributed by atoms with Crippen molar-refractivity contribution in [3.8, 4) is 22.8 Å². The number of amides is 2. The minimum absolute atomic E-state index is 0.153. The molecule has 2 aliphatic heterocycles. The second kappa shape index (κ2) is 10.6. The van der Waals surface area contributed by atoms with Crippen molar-refractivity contribution in [1.29, 1.82) is 0 Å². The first kappa shape index (κ1) is 26.6. The summed E-state index contributed by atoms with van der Waals surface area (Å²) >= 11 is 0. The van der Waals surface area contributed by atoms with E-state index in [1.54, 1.807) is 9.58 Å². The molecule has 2 aliphatic rings. The Bertz CT molecular complexity index is 1330. The molecule has 1 saturated heterocycles. The summed E-state index contributed by atoms with van der Waals surface area (Å²) in [7, 11) is 0. The predicted molar refractivity (Wildman–Crippen MR) is 147 cm³/mol. The number of nitrogens with zero attached hydrogens (tertiary/aromatic N) is 3. The maximum Gasteiger partial charge on any atom is 0.410 e. The van der Waals surface area contributed by atoms with Gasteiger partial charge in [-0.25, -0.2) is 9.48 Å². The lowest BCUT2D eigenvalue weighted by Crippen LogP contribution is -2.50. The number of hydrogen-bond acceptors (Lipinski definition) is 7. The number of anilines is 1. The fraction of sp³-hybridized carbons (Fsp3) is 0.414. The summed E-state index contributed by atoms with van der Waals surface area (Å²) in [6.45, 7) is 6.72. The van der Waals surface area contributed by atoms with Gasteiger partial charge in [0.1, 0.15) is 34.2 Å². The van der Waals surface area contributed by atoms with Crippen molar-refractivity contribution >= 4 is 17.8 Å². The monoisotopic (exact) mass is 533 g/mol. The molecule has 0 radical (unpaired) electrons. The van der Waals surface area contributed by atoms with Crippen LogP contribution in [0.4, 0.5) is 10.6 Å². The van der Waals surface area contributed by atoms with Gasteiger partial charge in [0.25, 0.3) is 5.91 Å². The first-order valence-electron chi connectivity index (χ1n) is 13.3. The van der Waals surface area contributed by atoms with E-state index < -0.39 is 23.7 Å². The molecule has 3 heterocycles. The lowest BCUT2D eigenvalue weighted by molar-refractivity contribution is -0.0253. The van der Waals surface area contributed by atoms with Crippen LogP contribution in [-0.2, 0) is 4.74 Å². The number of aliphatic hydroxyl groups excluding tert-OH is 1. The van der Waals surface area contributed by atoms with Gasteiger partial charge in [-0.2, -0.15) is 5.10 Å². The SMILES string of the molecule is CC(C)(C)OC(=O)N1CC[C@@H]([C@@H]2CCNc3c(C(N)=O)c(-c4ccc(Oc5ccccc5)cc4)nn32)[C@@H](O)C1. The number of benzene rings is 2. The van der Waals surface area contributed by atoms with Gasteiger partial charge in [-0.15, -0.1) is 0 Å². The van der Waals surface area contributed by atoms with Gasteiger partial charge in [-0.1, -0.05) is 18.2 Å². The fourth-order valence-corrected chi connectivity index (χ4v) is 5.33. The van der Waals surface area contributed by atoms with Crippen molar-refractivity contribution in [2.45, 2.75) is 51.4 Å². The number of aromatic nitrogens is 2. The Kier molecular flexibility index (Phi) is 7.22. The molecule has 2 aromatic carbocycles. The topological polar surface area (TPSA) is 132 Å². The Morgan fingerprint density at radius 1 is 1.05 bits per heavy atom. The van der Waals surface area contributed by atoms with E-state index in [1.807, 2.05) is 75.4 Å². The van der Waals surface area contributed by atoms with E-state index in [-0.39, 0.29) is 18.5 Å². The number of nitrogens with one attached hydrogen (secondary N) is 1. The van der Waals surface area contributed by atoms with Crippen molar-refractivity contribution in [1.82, 2.24) is 14.7 Å². The molecular formula is C29H35N5O5. The van der Waals surface area contributed by atoms with Gasteiger partial charge in [-0.3, -0.25) is 4.79 Å². The molecule has 0 spiro atoms. The van der Waals surface area contributed by atoms with Gasteiger partial charge < -0.3 is 30.5 Å². The molecule has 2 amide bonds. The highest BCUT2D eigenvalue weighted by Gasteiger charge is 2.40. The molecule has 4 N–H and O–H groups in total. The number of carbonyl (C=O) groups excluding carboxylic acids is 2. The van der Waals surface area contributed by atoms with Crippen molar-refractivity contribution in [2.75, 3.05) is 25.0 Å². The summed E-state index contributed by atoms with van der Waals surface area (Å²) in [6.07, 6.45) is 0.103. The number of piperidine rings is 1. The molecule has 1 aromatic heterocycles. The largest absolute Gasteiger partial charge is 0.457 e. The third-order valence-electron chi connectivity index (χ3n) is 7.09. The third-order valence-corrected chi connectivity index (χ3v) is 7.09. The first-order valence-corrected chi connectivity index (χ1v) is 13.3. The third kappa shape index (κ3) is 5.70. The van der Waals surface area contributed by atoms with Crippen molar-refractivity contribution < 1.29 is 24.2 Å². The number of para-hydroxylation sites is 1. The second-order valence-electron chi connectivity index (χ2n) is 11.0. The normalized spacial score (nSPS) is 21.0. The number of hydrogen-bond donors (Lipinski definition) is 3. The average Bonchev–Trinajstić information content (AvgIpc) is 3.29. The van der Waals surface area contributed by atoms with Crippen molar-refractivity contribution in [3.63, 3.8) is 0 Å². The molecule has 0 saturated carbocycles. The van der Waals surface area contributed by atoms with E-state index in [0.717, 1.165) is 11.3 Å². The van der Waals surface area contributed by atoms with Crippen LogP contribution in [-0.4, -0.2) is 63.1 Å². The Labute approximate surface area is 227 Å². The minimum atomic E-state index is -0.763. The summed E-state index contributed by atoms with van der Waals surface area (Å²) in [5.74, 6) is 1.21. The summed E-state index contributed by atoms with van der Waals surface area (Å²) < 4.78 is 13.2. The fourth-order valence-electron chi connectivity index (χ4n) is 5.33. The van der Waals surface area contributed by atoms with E-state index in [1.165, 1.54) is 0 Å². The molecule has 10 heteroatoms. The Hall–Kier alpha value is -4.05. The number of primary amides is 1. The molecule has 0 bridgehead atoms. The Morgan fingerprint density at radius 2 is 1.74 bits per heavy atom. The number of ether oxygens (including phenoxy) is 2. The van der Waals surface area contributed by atoms with E-state index in [4.69, 9.17) is 20.3 Å². The molecule has 0 aliphatic carbocycles. The zero-order valence-electron chi connectivity index (χ0n) is 22.5. The van der Waals surface area contributed by atoms with E-state index >= 15 is 0 Å². The molecule has 0 unspecified atom stereocenters. The maximum atomic E-state index is 12.6. The number of nitrogens with two attached hydrogens (primary N) is 1. The highest BCUT2D eigenvalue weighted by Crippen LogP contribution is 2.40. The summed E-state index contributed by atoms with van der Waals surface area (Å²) in [6, 6.07) is 16.7. The average molecular weight is 534 g/mol. The zero-order chi connectivity index (χ0) is 27.7. The molecule has 3 aromatic rings. The number of carbonyl (C=O) groups is 2. The van der Waals surface area contributed by atoms with Gasteiger partial charge in [0.2, 0.25) is 0 Å². The minimum Gasteiger partial charge on any atom is -0.457 e. The van der Waals surface area contributed by atoms with Gasteiger partial charge in [-0.05, 0) is 70.0 Å². The summed E-state index contributed by atoms with van der Waals surface area (Å²) in [5.41, 5.74) is 6.76. The second-order valence-corrected chi connectivity index (χ2v) is 11.0. The molecule has 206 valence electrons. The van der Waals surface area contributed by atoms with Crippen molar-refractivity contribution in [2.24, 2.45) is 11.7 Å². The number of β-amino-alcohol motifs (C(OH)–C–C–N with tert-alkyl or cyclic N) is 1. The molecular weight excluding hydrogens is 498 g/mol. The van der Waals surface area contributed by atoms with Crippen LogP contribution in [0, 0.1) is 5.92 Å². The molecule has 39 heavy (non-hydrogen) atoms. The summed E-state index contributed by atoms with van der Waals surface area (Å²) in [4.78, 5) is 26.7. The van der Waals surface area contributed by atoms with Gasteiger partial charge in [0, 0.05) is 24.6 Å². The standard InChI is InChI=1S/C29H35N5O5/c1-29(2,3)39-28(37)33-16-14-21(23(35)17-33)22-13-15-31-27-24(26(30)36)25(32-34(22)27)18-9-11-20(12-10-18)38-19-7-5-4-6-8-19/h4-12,21-23,31,35H,13-17H2,1-3H3,(H2,30,36)/t21-,22-,23-/m0/s1. The maximum absolute atomic E-state index is 12.6. The van der Waals surface area contributed by atoms with Gasteiger partial charge >= 0.3 is 6.09 Å². The highest BCUT2D eigenvalue weighted by molar-refractivity contribution is 6.03. The van der Waals surface area contributed by atoms with Crippen LogP contribution in [0.15, 0.2) is 54.6 Å². The van der Waals surface area contributed by atoms with Crippen LogP contribution in [0.5, 0.6) is 11.5 Å². The number of rotatable bonds is 5. The van der Waals surface area contributed by atoms with Crippen molar-refractivity contribution in [3.05, 3.63) is 60.2 Å². The van der Waals surface area contributed by atoms with Crippen LogP contribution in [0.25, 0.3) is 11.3 Å².